The van der Waals surface area contributed by atoms with E-state index in [0.29, 0.717) is 6.17 Å². The van der Waals surface area contributed by atoms with Gasteiger partial charge in [-0.1, -0.05) is 0 Å². The van der Waals surface area contributed by atoms with Crippen LogP contribution in [-0.4, -0.2) is 31.2 Å². The average Bonchev–Trinajstić information content (AvgIpc) is 1.77. The van der Waals surface area contributed by atoms with E-state index >= 15 is 0 Å². The molecule has 48 valence electrons. The highest BCUT2D eigenvalue weighted by atomic mass is 15.3. The second-order valence-electron chi connectivity index (χ2n) is 2.46. The van der Waals surface area contributed by atoms with Gasteiger partial charge in [-0.2, -0.15) is 0 Å². The Bertz CT molecular complexity index is 62.9. The molecule has 1 atom stereocenters. The Balaban J connectivity index is 2.28. The number of nitrogens with one attached hydrogen (secondary N) is 1. The van der Waals surface area contributed by atoms with Crippen molar-refractivity contribution in [3.8, 4) is 0 Å². The molecule has 0 radical (unpaired) electrons. The van der Waals surface area contributed by atoms with Crippen LogP contribution in [0.2, 0.25) is 0 Å². The van der Waals surface area contributed by atoms with Crippen molar-refractivity contribution in [3.05, 3.63) is 0 Å². The van der Waals surface area contributed by atoms with E-state index in [0.717, 1.165) is 0 Å². The first-order valence-electron chi connectivity index (χ1n) is 3.24. The van der Waals surface area contributed by atoms with Crippen molar-refractivity contribution in [1.29, 1.82) is 0 Å². The normalized spacial score (nSPS) is 33.0. The van der Waals surface area contributed by atoms with Crippen molar-refractivity contribution >= 4 is 0 Å². The van der Waals surface area contributed by atoms with Gasteiger partial charge in [-0.25, -0.2) is 0 Å². The molecule has 0 aliphatic carbocycles. The maximum Gasteiger partial charge on any atom is 0.0565 e. The lowest BCUT2D eigenvalue weighted by atomic mass is 10.3. The van der Waals surface area contributed by atoms with Gasteiger partial charge in [0, 0.05) is 6.54 Å². The third kappa shape index (κ3) is 1.20. The monoisotopic (exact) mass is 114 g/mol. The maximum absolute atomic E-state index is 3.36. The van der Waals surface area contributed by atoms with Crippen LogP contribution in [0.4, 0.5) is 0 Å². The lowest BCUT2D eigenvalue weighted by molar-refractivity contribution is 0.181. The molecule has 8 heavy (non-hydrogen) atoms. The van der Waals surface area contributed by atoms with Gasteiger partial charge >= 0.3 is 0 Å². The maximum atomic E-state index is 3.36. The topological polar surface area (TPSA) is 15.3 Å². The molecular formula is C6H14N2. The van der Waals surface area contributed by atoms with Crippen LogP contribution in [0.3, 0.4) is 0 Å². The van der Waals surface area contributed by atoms with Gasteiger partial charge in [-0.05, 0) is 26.9 Å². The SMILES string of the molecule is CC1NCCCN1C. The molecule has 1 heterocycles. The molecule has 2 heteroatoms. The highest BCUT2D eigenvalue weighted by Crippen LogP contribution is 1.98. The molecule has 1 aliphatic heterocycles. The van der Waals surface area contributed by atoms with Gasteiger partial charge < -0.3 is 5.32 Å². The van der Waals surface area contributed by atoms with E-state index < -0.39 is 0 Å². The largest absolute Gasteiger partial charge is 0.302 e. The zero-order valence-electron chi connectivity index (χ0n) is 5.65. The van der Waals surface area contributed by atoms with E-state index in [1.165, 1.54) is 19.5 Å². The highest BCUT2D eigenvalue weighted by molar-refractivity contribution is 4.66. The van der Waals surface area contributed by atoms with Crippen LogP contribution in [0.25, 0.3) is 0 Å². The second-order valence-corrected chi connectivity index (χ2v) is 2.46. The summed E-state index contributed by atoms with van der Waals surface area (Å²) in [4.78, 5) is 2.32. The molecule has 0 aromatic heterocycles. The standard InChI is InChI=1S/C6H14N2/c1-6-7-4-3-5-8(6)2/h6-7H,3-5H2,1-2H3. The number of hydrogen-bond donors (Lipinski definition) is 1. The van der Waals surface area contributed by atoms with Gasteiger partial charge in [0.1, 0.15) is 0 Å². The number of rotatable bonds is 0. The first-order valence-corrected chi connectivity index (χ1v) is 3.24. The van der Waals surface area contributed by atoms with Crippen molar-refractivity contribution in [3.63, 3.8) is 0 Å². The summed E-state index contributed by atoms with van der Waals surface area (Å²) in [7, 11) is 2.15. The third-order valence-electron chi connectivity index (χ3n) is 1.79. The van der Waals surface area contributed by atoms with Crippen molar-refractivity contribution in [2.75, 3.05) is 20.1 Å². The summed E-state index contributed by atoms with van der Waals surface area (Å²) < 4.78 is 0. The Labute approximate surface area is 50.9 Å². The minimum absolute atomic E-state index is 0.587. The molecule has 1 fully saturated rings. The van der Waals surface area contributed by atoms with Crippen LogP contribution in [0.5, 0.6) is 0 Å². The lowest BCUT2D eigenvalue weighted by Crippen LogP contribution is -2.47. The molecule has 1 aliphatic rings. The molecule has 0 spiro atoms. The van der Waals surface area contributed by atoms with Gasteiger partial charge in [0.05, 0.1) is 6.17 Å². The second kappa shape index (κ2) is 2.46. The van der Waals surface area contributed by atoms with Crippen molar-refractivity contribution in [2.45, 2.75) is 19.5 Å². The van der Waals surface area contributed by atoms with Crippen LogP contribution < -0.4 is 5.32 Å². The first kappa shape index (κ1) is 6.05. The van der Waals surface area contributed by atoms with Gasteiger partial charge in [0.2, 0.25) is 0 Å². The molecule has 0 bridgehead atoms. The summed E-state index contributed by atoms with van der Waals surface area (Å²) in [5.74, 6) is 0. The predicted molar refractivity (Wildman–Crippen MR) is 34.7 cm³/mol. The van der Waals surface area contributed by atoms with E-state index in [-0.39, 0.29) is 0 Å². The Hall–Kier alpha value is -0.0800. The summed E-state index contributed by atoms with van der Waals surface area (Å²) in [6.07, 6.45) is 1.88. The van der Waals surface area contributed by atoms with E-state index in [1.807, 2.05) is 0 Å². The fraction of sp³-hybridized carbons (Fsp3) is 1.00. The van der Waals surface area contributed by atoms with Gasteiger partial charge in [-0.3, -0.25) is 4.90 Å². The molecule has 0 aromatic carbocycles. The molecule has 1 N–H and O–H groups in total. The molecule has 1 rings (SSSR count). The Kier molecular flexibility index (Phi) is 1.86. The minimum atomic E-state index is 0.587. The number of nitrogens with zero attached hydrogens (tertiary/aromatic N) is 1. The third-order valence-corrected chi connectivity index (χ3v) is 1.79. The van der Waals surface area contributed by atoms with Crippen LogP contribution in [0.1, 0.15) is 13.3 Å². The van der Waals surface area contributed by atoms with Crippen molar-refractivity contribution in [1.82, 2.24) is 10.2 Å². The lowest BCUT2D eigenvalue weighted by Gasteiger charge is -2.30. The van der Waals surface area contributed by atoms with Crippen molar-refractivity contribution < 1.29 is 0 Å². The van der Waals surface area contributed by atoms with Crippen molar-refractivity contribution in [2.24, 2.45) is 0 Å². The van der Waals surface area contributed by atoms with E-state index in [4.69, 9.17) is 0 Å². The Morgan fingerprint density at radius 2 is 2.38 bits per heavy atom. The average molecular weight is 114 g/mol. The fourth-order valence-electron chi connectivity index (χ4n) is 0.989. The minimum Gasteiger partial charge on any atom is -0.302 e. The highest BCUT2D eigenvalue weighted by Gasteiger charge is 2.11. The van der Waals surface area contributed by atoms with Gasteiger partial charge in [-0.15, -0.1) is 0 Å². The van der Waals surface area contributed by atoms with Crippen LogP contribution in [0, 0.1) is 0 Å². The molecule has 2 nitrogen and oxygen atoms in total. The smallest absolute Gasteiger partial charge is 0.0565 e. The van der Waals surface area contributed by atoms with Crippen LogP contribution >= 0.6 is 0 Å². The molecule has 0 saturated carbocycles. The summed E-state index contributed by atoms with van der Waals surface area (Å²) in [5, 5.41) is 3.36. The van der Waals surface area contributed by atoms with Crippen LogP contribution in [0.15, 0.2) is 0 Å². The fourth-order valence-corrected chi connectivity index (χ4v) is 0.989. The molecular weight excluding hydrogens is 100 g/mol. The summed E-state index contributed by atoms with van der Waals surface area (Å²) in [5.41, 5.74) is 0. The zero-order chi connectivity index (χ0) is 5.98. The molecule has 1 saturated heterocycles. The summed E-state index contributed by atoms with van der Waals surface area (Å²) in [6.45, 7) is 4.62. The summed E-state index contributed by atoms with van der Waals surface area (Å²) in [6, 6.07) is 0. The van der Waals surface area contributed by atoms with Crippen LogP contribution in [-0.2, 0) is 0 Å². The quantitative estimate of drug-likeness (QED) is 0.486. The first-order chi connectivity index (χ1) is 3.80. The molecule has 1 unspecified atom stereocenters. The summed E-state index contributed by atoms with van der Waals surface area (Å²) >= 11 is 0. The van der Waals surface area contributed by atoms with E-state index in [1.54, 1.807) is 0 Å². The van der Waals surface area contributed by atoms with Gasteiger partial charge in [0.25, 0.3) is 0 Å². The Morgan fingerprint density at radius 1 is 1.62 bits per heavy atom. The van der Waals surface area contributed by atoms with E-state index in [2.05, 4.69) is 24.2 Å². The zero-order valence-corrected chi connectivity index (χ0v) is 5.65. The van der Waals surface area contributed by atoms with Gasteiger partial charge in [0.15, 0.2) is 0 Å². The molecule has 0 amide bonds. The van der Waals surface area contributed by atoms with E-state index in [9.17, 15) is 0 Å². The Morgan fingerprint density at radius 3 is 2.75 bits per heavy atom. The number of hydrogen-bond acceptors (Lipinski definition) is 2. The predicted octanol–water partition coefficient (Wildman–Crippen LogP) is 0.258. The molecule has 0 aromatic rings.